The third-order valence-corrected chi connectivity index (χ3v) is 5.28. The third-order valence-electron chi connectivity index (χ3n) is 4.63. The summed E-state index contributed by atoms with van der Waals surface area (Å²) in [5.74, 6) is 1.69. The molecule has 0 bridgehead atoms. The Morgan fingerprint density at radius 2 is 2.23 bits per heavy atom. The molecular weight excluding hydrogens is 356 g/mol. The van der Waals surface area contributed by atoms with E-state index in [1.54, 1.807) is 16.7 Å². The number of hydrogen-bond donors (Lipinski definition) is 2. The van der Waals surface area contributed by atoms with Gasteiger partial charge in [-0.2, -0.15) is 11.8 Å². The highest BCUT2D eigenvalue weighted by molar-refractivity contribution is 7.98. The van der Waals surface area contributed by atoms with Gasteiger partial charge in [0, 0.05) is 19.5 Å². The summed E-state index contributed by atoms with van der Waals surface area (Å²) in [5.41, 5.74) is 0.942. The predicted molar refractivity (Wildman–Crippen MR) is 98.1 cm³/mol. The van der Waals surface area contributed by atoms with Crippen LogP contribution in [0.4, 0.5) is 0 Å². The molecule has 2 unspecified atom stereocenters. The second kappa shape index (κ2) is 8.64. The summed E-state index contributed by atoms with van der Waals surface area (Å²) >= 11 is 1.67. The van der Waals surface area contributed by atoms with Gasteiger partial charge in [0.05, 0.1) is 18.6 Å². The van der Waals surface area contributed by atoms with Crippen LogP contribution in [0.3, 0.4) is 0 Å². The van der Waals surface area contributed by atoms with Crippen LogP contribution < -0.4 is 14.8 Å². The lowest BCUT2D eigenvalue weighted by Gasteiger charge is -2.19. The highest BCUT2D eigenvalue weighted by Gasteiger charge is 2.35. The van der Waals surface area contributed by atoms with E-state index in [9.17, 15) is 14.7 Å². The van der Waals surface area contributed by atoms with Crippen LogP contribution in [0.25, 0.3) is 0 Å². The first kappa shape index (κ1) is 18.8. The Balaban J connectivity index is 1.55. The fourth-order valence-corrected chi connectivity index (χ4v) is 3.67. The topological polar surface area (TPSA) is 88.1 Å². The number of aliphatic hydroxyl groups is 1. The van der Waals surface area contributed by atoms with Crippen molar-refractivity contribution in [2.45, 2.75) is 25.4 Å². The molecule has 1 saturated heterocycles. The zero-order valence-electron chi connectivity index (χ0n) is 14.8. The zero-order valence-corrected chi connectivity index (χ0v) is 15.6. The number of nitrogens with one attached hydrogen (secondary N) is 1. The summed E-state index contributed by atoms with van der Waals surface area (Å²) in [6, 6.07) is 5.35. The number of likely N-dealkylation sites (tertiary alicyclic amines) is 1. The van der Waals surface area contributed by atoms with Crippen molar-refractivity contribution in [3.63, 3.8) is 0 Å². The Morgan fingerprint density at radius 3 is 3.00 bits per heavy atom. The highest BCUT2D eigenvalue weighted by Crippen LogP contribution is 2.33. The number of nitrogens with zero attached hydrogens (tertiary/aromatic N) is 1. The van der Waals surface area contributed by atoms with Gasteiger partial charge < -0.3 is 24.8 Å². The Bertz CT molecular complexity index is 669. The van der Waals surface area contributed by atoms with Crippen LogP contribution in [0.15, 0.2) is 18.2 Å². The Labute approximate surface area is 157 Å². The van der Waals surface area contributed by atoms with Gasteiger partial charge in [-0.05, 0) is 36.1 Å². The molecule has 1 aromatic rings. The van der Waals surface area contributed by atoms with Crippen molar-refractivity contribution >= 4 is 23.6 Å². The molecule has 2 aliphatic heterocycles. The SMILES string of the molecule is CSCCC(CO)NC(=O)C1CC(=O)N(Cc2ccc3c(c2)OCO3)C1. The monoisotopic (exact) mass is 380 g/mol. The van der Waals surface area contributed by atoms with E-state index in [0.29, 0.717) is 31.0 Å². The summed E-state index contributed by atoms with van der Waals surface area (Å²) in [5, 5.41) is 12.3. The number of aliphatic hydroxyl groups excluding tert-OH is 1. The number of hydrogen-bond acceptors (Lipinski definition) is 6. The summed E-state index contributed by atoms with van der Waals surface area (Å²) < 4.78 is 10.7. The van der Waals surface area contributed by atoms with Gasteiger partial charge in [0.25, 0.3) is 0 Å². The molecule has 142 valence electrons. The van der Waals surface area contributed by atoms with Gasteiger partial charge in [-0.25, -0.2) is 0 Å². The number of ether oxygens (including phenoxy) is 2. The smallest absolute Gasteiger partial charge is 0.231 e. The largest absolute Gasteiger partial charge is 0.454 e. The van der Waals surface area contributed by atoms with Crippen LogP contribution in [-0.4, -0.2) is 59.8 Å². The molecule has 2 amide bonds. The number of carbonyl (C=O) groups excluding carboxylic acids is 2. The molecule has 2 N–H and O–H groups in total. The van der Waals surface area contributed by atoms with Gasteiger partial charge in [0.1, 0.15) is 0 Å². The number of fused-ring (bicyclic) bond motifs is 1. The van der Waals surface area contributed by atoms with Crippen molar-refractivity contribution < 1.29 is 24.2 Å². The third kappa shape index (κ3) is 4.42. The molecule has 0 aliphatic carbocycles. The lowest BCUT2D eigenvalue weighted by molar-refractivity contribution is -0.129. The van der Waals surface area contributed by atoms with Gasteiger partial charge in [-0.3, -0.25) is 9.59 Å². The average molecular weight is 380 g/mol. The van der Waals surface area contributed by atoms with Crippen molar-refractivity contribution in [3.8, 4) is 11.5 Å². The lowest BCUT2D eigenvalue weighted by Crippen LogP contribution is -2.42. The number of thioether (sulfide) groups is 1. The van der Waals surface area contributed by atoms with E-state index < -0.39 is 0 Å². The molecular formula is C18H24N2O5S. The molecule has 1 aromatic carbocycles. The van der Waals surface area contributed by atoms with Gasteiger partial charge in [-0.1, -0.05) is 6.07 Å². The molecule has 1 fully saturated rings. The first-order valence-electron chi connectivity index (χ1n) is 8.67. The van der Waals surface area contributed by atoms with Gasteiger partial charge in [0.2, 0.25) is 18.6 Å². The second-order valence-corrected chi connectivity index (χ2v) is 7.52. The fraction of sp³-hybridized carbons (Fsp3) is 0.556. The van der Waals surface area contributed by atoms with Crippen molar-refractivity contribution in [2.75, 3.05) is 32.0 Å². The van der Waals surface area contributed by atoms with Gasteiger partial charge in [0.15, 0.2) is 11.5 Å². The summed E-state index contributed by atoms with van der Waals surface area (Å²) in [4.78, 5) is 26.4. The molecule has 3 rings (SSSR count). The van der Waals surface area contributed by atoms with Crippen LogP contribution in [0, 0.1) is 5.92 Å². The summed E-state index contributed by atoms with van der Waals surface area (Å²) in [6.45, 7) is 0.953. The minimum atomic E-state index is -0.375. The van der Waals surface area contributed by atoms with E-state index in [-0.39, 0.29) is 43.6 Å². The van der Waals surface area contributed by atoms with Crippen molar-refractivity contribution in [1.82, 2.24) is 10.2 Å². The van der Waals surface area contributed by atoms with E-state index in [1.165, 1.54) is 0 Å². The van der Waals surface area contributed by atoms with Crippen LogP contribution in [0.5, 0.6) is 11.5 Å². The van der Waals surface area contributed by atoms with Crippen molar-refractivity contribution in [1.29, 1.82) is 0 Å². The van der Waals surface area contributed by atoms with Crippen molar-refractivity contribution in [2.24, 2.45) is 5.92 Å². The number of rotatable bonds is 8. The van der Waals surface area contributed by atoms with Crippen LogP contribution in [-0.2, 0) is 16.1 Å². The fourth-order valence-electron chi connectivity index (χ4n) is 3.15. The van der Waals surface area contributed by atoms with Crippen molar-refractivity contribution in [3.05, 3.63) is 23.8 Å². The second-order valence-electron chi connectivity index (χ2n) is 6.53. The average Bonchev–Trinajstić information content (AvgIpc) is 3.25. The van der Waals surface area contributed by atoms with Crippen LogP contribution in [0.1, 0.15) is 18.4 Å². The minimum Gasteiger partial charge on any atom is -0.454 e. The van der Waals surface area contributed by atoms with E-state index in [0.717, 1.165) is 11.3 Å². The number of amides is 2. The predicted octanol–water partition coefficient (Wildman–Crippen LogP) is 0.994. The van der Waals surface area contributed by atoms with E-state index >= 15 is 0 Å². The quantitative estimate of drug-likeness (QED) is 0.699. The first-order chi connectivity index (χ1) is 12.6. The molecule has 7 nitrogen and oxygen atoms in total. The van der Waals surface area contributed by atoms with E-state index in [1.807, 2.05) is 24.5 Å². The molecule has 0 spiro atoms. The molecule has 2 heterocycles. The van der Waals surface area contributed by atoms with E-state index in [2.05, 4.69) is 5.32 Å². The normalized spacial score (nSPS) is 19.7. The molecule has 0 radical (unpaired) electrons. The maximum atomic E-state index is 12.4. The van der Waals surface area contributed by atoms with Crippen LogP contribution in [0.2, 0.25) is 0 Å². The summed E-state index contributed by atoms with van der Waals surface area (Å²) in [7, 11) is 0. The van der Waals surface area contributed by atoms with Crippen LogP contribution >= 0.6 is 11.8 Å². The van der Waals surface area contributed by atoms with Gasteiger partial charge >= 0.3 is 0 Å². The Kier molecular flexibility index (Phi) is 6.26. The highest BCUT2D eigenvalue weighted by atomic mass is 32.2. The standard InChI is InChI=1S/C18H24N2O5S/c1-26-5-4-14(10-21)19-18(23)13-7-17(22)20(9-13)8-12-2-3-15-16(6-12)25-11-24-15/h2-3,6,13-14,21H,4-5,7-11H2,1H3,(H,19,23). The maximum absolute atomic E-state index is 12.4. The van der Waals surface area contributed by atoms with Gasteiger partial charge in [-0.15, -0.1) is 0 Å². The molecule has 0 saturated carbocycles. The molecule has 0 aromatic heterocycles. The molecule has 2 aliphatic rings. The Morgan fingerprint density at radius 1 is 1.42 bits per heavy atom. The minimum absolute atomic E-state index is 0.0347. The zero-order chi connectivity index (χ0) is 18.5. The molecule has 2 atom stereocenters. The molecule has 26 heavy (non-hydrogen) atoms. The number of carbonyl (C=O) groups is 2. The first-order valence-corrected chi connectivity index (χ1v) is 10.1. The molecule has 8 heteroatoms. The van der Waals surface area contributed by atoms with E-state index in [4.69, 9.17) is 9.47 Å². The Hall–Kier alpha value is -1.93. The lowest BCUT2D eigenvalue weighted by atomic mass is 10.1. The number of benzene rings is 1. The maximum Gasteiger partial charge on any atom is 0.231 e. The summed E-state index contributed by atoms with van der Waals surface area (Å²) in [6.07, 6.45) is 2.90.